The average Bonchev–Trinajstić information content (AvgIpc) is 3.16. The van der Waals surface area contributed by atoms with Crippen LogP contribution < -0.4 is 20.7 Å². The second-order valence-corrected chi connectivity index (χ2v) is 7.42. The Kier molecular flexibility index (Phi) is 10.6. The van der Waals surface area contributed by atoms with Gasteiger partial charge in [0, 0.05) is 18.5 Å². The molecule has 0 aliphatic carbocycles. The van der Waals surface area contributed by atoms with Gasteiger partial charge in [-0.3, -0.25) is 4.79 Å². The fourth-order valence-electron chi connectivity index (χ4n) is 2.46. The van der Waals surface area contributed by atoms with Gasteiger partial charge in [-0.15, -0.1) is 24.0 Å². The molecule has 29 heavy (non-hydrogen) atoms. The highest BCUT2D eigenvalue weighted by molar-refractivity contribution is 14.0. The van der Waals surface area contributed by atoms with E-state index in [0.29, 0.717) is 19.0 Å². The van der Waals surface area contributed by atoms with E-state index in [2.05, 4.69) is 20.9 Å². The smallest absolute Gasteiger partial charge is 0.239 e. The first-order chi connectivity index (χ1) is 13.4. The normalized spacial score (nSPS) is 11.4. The zero-order chi connectivity index (χ0) is 20.4. The van der Waals surface area contributed by atoms with Gasteiger partial charge >= 0.3 is 0 Å². The highest BCUT2D eigenvalue weighted by atomic mass is 127. The third kappa shape index (κ3) is 10.2. The van der Waals surface area contributed by atoms with Crippen molar-refractivity contribution in [1.29, 1.82) is 0 Å². The van der Waals surface area contributed by atoms with E-state index in [1.165, 1.54) is 0 Å². The lowest BCUT2D eigenvalue weighted by atomic mass is 10.1. The van der Waals surface area contributed by atoms with Crippen LogP contribution in [0.15, 0.2) is 52.1 Å². The second-order valence-electron chi connectivity index (χ2n) is 7.42. The predicted octanol–water partition coefficient (Wildman–Crippen LogP) is 3.10. The summed E-state index contributed by atoms with van der Waals surface area (Å²) >= 11 is 0. The lowest BCUT2D eigenvalue weighted by Gasteiger charge is -2.21. The number of ether oxygens (including phenoxy) is 1. The summed E-state index contributed by atoms with van der Waals surface area (Å²) < 4.78 is 10.5. The van der Waals surface area contributed by atoms with Gasteiger partial charge in [-0.2, -0.15) is 0 Å². The molecule has 0 bridgehead atoms. The van der Waals surface area contributed by atoms with E-state index in [4.69, 9.17) is 9.15 Å². The Labute approximate surface area is 189 Å². The van der Waals surface area contributed by atoms with E-state index >= 15 is 0 Å². The van der Waals surface area contributed by atoms with E-state index in [1.807, 2.05) is 57.2 Å². The average molecular weight is 514 g/mol. The standard InChI is InChI=1S/C21H30N4O3.HI/c1-21(2,3)25-19(26)15-24-20(22-12-11-18-6-5-13-28-18)23-14-16-7-9-17(27-4)10-8-16;/h5-10,13H,11-12,14-15H2,1-4H3,(H,25,26)(H2,22,23,24);1H. The molecule has 0 spiro atoms. The lowest BCUT2D eigenvalue weighted by molar-refractivity contribution is -0.121. The number of carbonyl (C=O) groups excluding carboxylic acids is 1. The number of hydrogen-bond acceptors (Lipinski definition) is 4. The number of hydrogen-bond donors (Lipinski definition) is 3. The zero-order valence-electron chi connectivity index (χ0n) is 17.5. The van der Waals surface area contributed by atoms with Crippen molar-refractivity contribution >= 4 is 35.8 Å². The molecule has 7 nitrogen and oxygen atoms in total. The molecule has 0 saturated carbocycles. The Bertz CT molecular complexity index is 753. The van der Waals surface area contributed by atoms with Gasteiger partial charge in [0.25, 0.3) is 0 Å². The summed E-state index contributed by atoms with van der Waals surface area (Å²) in [4.78, 5) is 16.7. The van der Waals surface area contributed by atoms with Gasteiger partial charge in [-0.1, -0.05) is 12.1 Å². The van der Waals surface area contributed by atoms with Crippen LogP contribution in [0.25, 0.3) is 0 Å². The van der Waals surface area contributed by atoms with Crippen LogP contribution in [0.3, 0.4) is 0 Å². The van der Waals surface area contributed by atoms with Crippen LogP contribution in [0.4, 0.5) is 0 Å². The molecule has 0 fully saturated rings. The fourth-order valence-corrected chi connectivity index (χ4v) is 2.46. The van der Waals surface area contributed by atoms with Crippen LogP contribution in [0.1, 0.15) is 32.1 Å². The Morgan fingerprint density at radius 3 is 2.45 bits per heavy atom. The topological polar surface area (TPSA) is 87.9 Å². The number of furan rings is 1. The number of amides is 1. The number of methoxy groups -OCH3 is 1. The van der Waals surface area contributed by atoms with Crippen LogP contribution in [0, 0.1) is 0 Å². The number of halogens is 1. The van der Waals surface area contributed by atoms with Crippen molar-refractivity contribution in [2.75, 3.05) is 20.2 Å². The highest BCUT2D eigenvalue weighted by Gasteiger charge is 2.13. The monoisotopic (exact) mass is 514 g/mol. The van der Waals surface area contributed by atoms with E-state index < -0.39 is 0 Å². The lowest BCUT2D eigenvalue weighted by Crippen LogP contribution is -2.48. The van der Waals surface area contributed by atoms with E-state index in [0.717, 1.165) is 23.5 Å². The summed E-state index contributed by atoms with van der Waals surface area (Å²) in [6, 6.07) is 11.5. The molecule has 0 atom stereocenters. The van der Waals surface area contributed by atoms with Crippen molar-refractivity contribution in [3.8, 4) is 5.75 Å². The van der Waals surface area contributed by atoms with Crippen LogP contribution in [0.2, 0.25) is 0 Å². The van der Waals surface area contributed by atoms with Gasteiger partial charge in [-0.05, 0) is 50.6 Å². The number of guanidine groups is 1. The maximum Gasteiger partial charge on any atom is 0.239 e. The molecule has 0 aliphatic rings. The van der Waals surface area contributed by atoms with Crippen LogP contribution in [-0.4, -0.2) is 37.6 Å². The molecule has 0 aliphatic heterocycles. The molecule has 3 N–H and O–H groups in total. The van der Waals surface area contributed by atoms with Gasteiger partial charge in [0.05, 0.1) is 26.5 Å². The van der Waals surface area contributed by atoms with Crippen molar-refractivity contribution in [2.45, 2.75) is 39.3 Å². The molecule has 0 saturated heterocycles. The Hall–Kier alpha value is -2.23. The Morgan fingerprint density at radius 1 is 1.14 bits per heavy atom. The van der Waals surface area contributed by atoms with Gasteiger partial charge in [0.2, 0.25) is 5.91 Å². The van der Waals surface area contributed by atoms with Crippen LogP contribution >= 0.6 is 24.0 Å². The third-order valence-corrected chi connectivity index (χ3v) is 3.75. The molecule has 8 heteroatoms. The molecule has 1 aromatic heterocycles. The van der Waals surface area contributed by atoms with Crippen molar-refractivity contribution < 1.29 is 13.9 Å². The molecule has 1 heterocycles. The number of nitrogens with zero attached hydrogens (tertiary/aromatic N) is 1. The summed E-state index contributed by atoms with van der Waals surface area (Å²) in [5.41, 5.74) is 0.776. The summed E-state index contributed by atoms with van der Waals surface area (Å²) in [5, 5.41) is 9.26. The molecule has 0 unspecified atom stereocenters. The minimum atomic E-state index is -0.272. The molecule has 2 rings (SSSR count). The minimum Gasteiger partial charge on any atom is -0.497 e. The van der Waals surface area contributed by atoms with Crippen molar-refractivity contribution in [1.82, 2.24) is 16.0 Å². The van der Waals surface area contributed by atoms with Crippen molar-refractivity contribution in [2.24, 2.45) is 4.99 Å². The van der Waals surface area contributed by atoms with E-state index in [9.17, 15) is 4.79 Å². The maximum absolute atomic E-state index is 12.1. The highest BCUT2D eigenvalue weighted by Crippen LogP contribution is 2.11. The zero-order valence-corrected chi connectivity index (χ0v) is 19.8. The summed E-state index contributed by atoms with van der Waals surface area (Å²) in [5.74, 6) is 2.19. The third-order valence-electron chi connectivity index (χ3n) is 3.75. The van der Waals surface area contributed by atoms with Gasteiger partial charge in [-0.25, -0.2) is 4.99 Å². The van der Waals surface area contributed by atoms with Crippen molar-refractivity contribution in [3.05, 3.63) is 54.0 Å². The van der Waals surface area contributed by atoms with Crippen LogP contribution in [-0.2, 0) is 17.8 Å². The largest absolute Gasteiger partial charge is 0.497 e. The summed E-state index contributed by atoms with van der Waals surface area (Å²) in [6.45, 7) is 7.12. The van der Waals surface area contributed by atoms with Gasteiger partial charge < -0.3 is 25.1 Å². The number of carbonyl (C=O) groups is 1. The predicted molar refractivity (Wildman–Crippen MR) is 126 cm³/mol. The van der Waals surface area contributed by atoms with E-state index in [-0.39, 0.29) is 42.0 Å². The SMILES string of the molecule is COc1ccc(CN=C(NCCc2ccco2)NCC(=O)NC(C)(C)C)cc1.I. The summed E-state index contributed by atoms with van der Waals surface area (Å²) in [6.07, 6.45) is 2.38. The first-order valence-electron chi connectivity index (χ1n) is 9.34. The first-order valence-corrected chi connectivity index (χ1v) is 9.34. The van der Waals surface area contributed by atoms with Gasteiger partial charge in [0.1, 0.15) is 11.5 Å². The molecule has 0 radical (unpaired) electrons. The first kappa shape index (κ1) is 24.8. The number of rotatable bonds is 8. The Morgan fingerprint density at radius 2 is 1.86 bits per heavy atom. The molecule has 160 valence electrons. The maximum atomic E-state index is 12.1. The molecule has 1 aromatic carbocycles. The molecule has 1 amide bonds. The number of benzene rings is 1. The quantitative estimate of drug-likeness (QED) is 0.286. The number of aliphatic imine (C=N–C) groups is 1. The van der Waals surface area contributed by atoms with Crippen LogP contribution in [0.5, 0.6) is 5.75 Å². The van der Waals surface area contributed by atoms with E-state index in [1.54, 1.807) is 13.4 Å². The summed E-state index contributed by atoms with van der Waals surface area (Å²) in [7, 11) is 1.64. The Balaban J connectivity index is 0.00000420. The minimum absolute atomic E-state index is 0. The number of nitrogens with one attached hydrogen (secondary N) is 3. The molecular weight excluding hydrogens is 483 g/mol. The molecular formula is C21H31IN4O3. The second kappa shape index (κ2) is 12.4. The fraction of sp³-hybridized carbons (Fsp3) is 0.429. The van der Waals surface area contributed by atoms with Crippen molar-refractivity contribution in [3.63, 3.8) is 0 Å². The van der Waals surface area contributed by atoms with Gasteiger partial charge in [0.15, 0.2) is 5.96 Å². The molecule has 2 aromatic rings.